The Labute approximate surface area is 149 Å². The van der Waals surface area contributed by atoms with E-state index in [4.69, 9.17) is 0 Å². The van der Waals surface area contributed by atoms with Gasteiger partial charge in [-0.15, -0.1) is 0 Å². The van der Waals surface area contributed by atoms with E-state index in [9.17, 15) is 18.9 Å². The van der Waals surface area contributed by atoms with Crippen molar-refractivity contribution >= 4 is 15.6 Å². The van der Waals surface area contributed by atoms with Crippen LogP contribution in [0.25, 0.3) is 0 Å². The van der Waals surface area contributed by atoms with Gasteiger partial charge >= 0.3 is 16.5 Å². The Hall–Kier alpha value is 0.714. The molecule has 0 aliphatic heterocycles. The smallest absolute Gasteiger partial charge is 0.756 e. The van der Waals surface area contributed by atoms with Gasteiger partial charge in [0.1, 0.15) is 0 Å². The molecule has 0 spiro atoms. The summed E-state index contributed by atoms with van der Waals surface area (Å²) in [5, 5.41) is 0. The van der Waals surface area contributed by atoms with Crippen LogP contribution in [0.4, 0.5) is 0 Å². The molecule has 0 bridgehead atoms. The summed E-state index contributed by atoms with van der Waals surface area (Å²) in [5.74, 6) is 0. The van der Waals surface area contributed by atoms with Crippen molar-refractivity contribution in [2.75, 3.05) is 26.4 Å². The molecule has 0 N–H and O–H groups in total. The zero-order valence-electron chi connectivity index (χ0n) is 14.1. The molecule has 0 aromatic heterocycles. The van der Waals surface area contributed by atoms with Crippen LogP contribution in [0.5, 0.6) is 0 Å². The van der Waals surface area contributed by atoms with Crippen molar-refractivity contribution in [3.63, 3.8) is 0 Å². The Morgan fingerprint density at radius 1 is 0.609 bits per heavy atom. The van der Waals surface area contributed by atoms with Crippen LogP contribution in [0.3, 0.4) is 0 Å². The molecular weight excluding hydrogens is 393 g/mol. The van der Waals surface area contributed by atoms with Crippen molar-refractivity contribution in [3.8, 4) is 0 Å². The monoisotopic (exact) mass is 420 g/mol. The Bertz CT molecular complexity index is 287. The maximum absolute atomic E-state index is 10.7. The van der Waals surface area contributed by atoms with E-state index in [1.807, 2.05) is 27.7 Å². The van der Waals surface area contributed by atoms with E-state index < -0.39 is 15.6 Å². The van der Waals surface area contributed by atoms with Crippen molar-refractivity contribution in [2.45, 2.75) is 53.4 Å². The topological polar surface area (TPSA) is 117 Å². The number of rotatable bonds is 12. The summed E-state index contributed by atoms with van der Waals surface area (Å²) in [5.41, 5.74) is 0. The first-order chi connectivity index (χ1) is 10.2. The van der Waals surface area contributed by atoms with Crippen LogP contribution in [0.1, 0.15) is 53.4 Å². The molecule has 0 aliphatic carbocycles. The van der Waals surface area contributed by atoms with Crippen molar-refractivity contribution in [1.82, 2.24) is 0 Å². The second kappa shape index (κ2) is 17.5. The second-order valence-electron chi connectivity index (χ2n) is 4.23. The van der Waals surface area contributed by atoms with Crippen molar-refractivity contribution in [2.24, 2.45) is 0 Å². The maximum Gasteiger partial charge on any atom is 2.00 e. The van der Waals surface area contributed by atoms with Gasteiger partial charge in [0.25, 0.3) is 15.6 Å². The summed E-state index contributed by atoms with van der Waals surface area (Å²) in [6.45, 7) is 8.13. The summed E-state index contributed by atoms with van der Waals surface area (Å²) >= 11 is 0. The molecule has 0 rings (SSSR count). The van der Waals surface area contributed by atoms with Gasteiger partial charge in [0, 0.05) is 0 Å². The van der Waals surface area contributed by atoms with Crippen LogP contribution in [0.15, 0.2) is 0 Å². The molecule has 0 radical (unpaired) electrons. The van der Waals surface area contributed by atoms with Gasteiger partial charge in [-0.3, -0.25) is 9.13 Å². The first-order valence-corrected chi connectivity index (χ1v) is 10.4. The van der Waals surface area contributed by atoms with Crippen LogP contribution in [0, 0.1) is 0 Å². The van der Waals surface area contributed by atoms with Crippen LogP contribution in [-0.2, 0) is 43.7 Å². The first-order valence-electron chi connectivity index (χ1n) is 7.44. The normalized spacial score (nSPS) is 11.4. The van der Waals surface area contributed by atoms with Gasteiger partial charge < -0.3 is 27.9 Å². The van der Waals surface area contributed by atoms with Gasteiger partial charge in [0.15, 0.2) is 0 Å². The van der Waals surface area contributed by atoms with Gasteiger partial charge in [-0.2, -0.15) is 0 Å². The molecule has 0 unspecified atom stereocenters. The Kier molecular flexibility index (Phi) is 21.7. The molecule has 23 heavy (non-hydrogen) atoms. The summed E-state index contributed by atoms with van der Waals surface area (Å²) in [7, 11) is -7.95. The number of phosphoric acid groups is 2. The van der Waals surface area contributed by atoms with Crippen molar-refractivity contribution < 1.29 is 53.5 Å². The largest absolute Gasteiger partial charge is 2.00 e. The van der Waals surface area contributed by atoms with Crippen LogP contribution < -0.4 is 9.79 Å². The van der Waals surface area contributed by atoms with Gasteiger partial charge in [-0.25, -0.2) is 0 Å². The molecule has 0 heterocycles. The molecule has 0 aromatic carbocycles. The van der Waals surface area contributed by atoms with E-state index in [0.29, 0.717) is 25.7 Å². The third kappa shape index (κ3) is 22.7. The Morgan fingerprint density at radius 3 is 0.913 bits per heavy atom. The molecule has 11 heteroatoms. The summed E-state index contributed by atoms with van der Waals surface area (Å²) in [6.07, 6.45) is 2.67. The Balaban J connectivity index is -0.000000333. The predicted molar refractivity (Wildman–Crippen MR) is 80.2 cm³/mol. The molecule has 0 fully saturated rings. The standard InChI is InChI=1S/2C6H15O4P.Ni/c2*1-3-5-9-11(7,8)10-6-4-2;/h2*3-6H2,1-2H3,(H,7,8);/q;;+2/p-2. The molecule has 8 nitrogen and oxygen atoms in total. The zero-order valence-corrected chi connectivity index (χ0v) is 16.9. The minimum Gasteiger partial charge on any atom is -0.756 e. The fraction of sp³-hybridized carbons (Fsp3) is 1.00. The quantitative estimate of drug-likeness (QED) is 0.349. The molecule has 0 saturated heterocycles. The third-order valence-electron chi connectivity index (χ3n) is 1.81. The second-order valence-corrected chi connectivity index (χ2v) is 7.05. The SMILES string of the molecule is CCCOP(=O)([O-])OCCC.CCCOP(=O)([O-])OCCC.[Ni+2]. The minimum absolute atomic E-state index is 0. The molecule has 144 valence electrons. The summed E-state index contributed by atoms with van der Waals surface area (Å²) in [6, 6.07) is 0. The van der Waals surface area contributed by atoms with Crippen molar-refractivity contribution in [3.05, 3.63) is 0 Å². The van der Waals surface area contributed by atoms with Gasteiger partial charge in [-0.1, -0.05) is 27.7 Å². The summed E-state index contributed by atoms with van der Waals surface area (Å²) < 4.78 is 39.3. The van der Waals surface area contributed by atoms with E-state index in [1.54, 1.807) is 0 Å². The van der Waals surface area contributed by atoms with Gasteiger partial charge in [0.05, 0.1) is 26.4 Å². The fourth-order valence-corrected chi connectivity index (χ4v) is 2.66. The minimum atomic E-state index is -3.98. The van der Waals surface area contributed by atoms with E-state index in [0.717, 1.165) is 0 Å². The van der Waals surface area contributed by atoms with Gasteiger partial charge in [0.2, 0.25) is 0 Å². The molecule has 0 amide bonds. The van der Waals surface area contributed by atoms with Gasteiger partial charge in [-0.05, 0) is 25.7 Å². The molecular formula is C12H28NiO8P2. The van der Waals surface area contributed by atoms with E-state index in [1.165, 1.54) is 0 Å². The number of hydrogen-bond donors (Lipinski definition) is 0. The van der Waals surface area contributed by atoms with E-state index in [2.05, 4.69) is 18.1 Å². The van der Waals surface area contributed by atoms with Crippen LogP contribution >= 0.6 is 15.6 Å². The van der Waals surface area contributed by atoms with E-state index >= 15 is 0 Å². The van der Waals surface area contributed by atoms with E-state index in [-0.39, 0.29) is 42.9 Å². The zero-order chi connectivity index (χ0) is 17.5. The summed E-state index contributed by atoms with van der Waals surface area (Å²) in [4.78, 5) is 21.5. The fourth-order valence-electron chi connectivity index (χ4n) is 0.887. The predicted octanol–water partition coefficient (Wildman–Crippen LogP) is 2.61. The first kappa shape index (κ1) is 28.5. The molecule has 0 aromatic rings. The Morgan fingerprint density at radius 2 is 0.783 bits per heavy atom. The molecule has 0 atom stereocenters. The van der Waals surface area contributed by atoms with Crippen LogP contribution in [0.2, 0.25) is 0 Å². The van der Waals surface area contributed by atoms with Crippen molar-refractivity contribution in [1.29, 1.82) is 0 Å². The molecule has 0 saturated carbocycles. The maximum atomic E-state index is 10.7. The molecule has 0 aliphatic rings. The third-order valence-corrected chi connectivity index (χ3v) is 3.81. The average molecular weight is 421 g/mol. The van der Waals surface area contributed by atoms with Crippen LogP contribution in [-0.4, -0.2) is 26.4 Å². The number of hydrogen-bond acceptors (Lipinski definition) is 8. The number of phosphoric ester groups is 2. The average Bonchev–Trinajstić information content (AvgIpc) is 2.48.